The molecule has 0 spiro atoms. The number of nitrogens with one attached hydrogen (secondary N) is 1. The average molecular weight is 449 g/mol. The number of nitrogens with zero attached hydrogens (tertiary/aromatic N) is 3. The van der Waals surface area contributed by atoms with Crippen molar-refractivity contribution in [3.8, 4) is 5.75 Å². The quantitative estimate of drug-likeness (QED) is 0.170. The van der Waals surface area contributed by atoms with Gasteiger partial charge in [0.2, 0.25) is 11.8 Å². The number of amides is 3. The number of fused-ring (bicyclic) bond motifs is 2. The highest BCUT2D eigenvalue weighted by Crippen LogP contribution is 2.39. The molecule has 2 aromatic heterocycles. The van der Waals surface area contributed by atoms with Gasteiger partial charge in [-0.25, -0.2) is 4.98 Å². The van der Waals surface area contributed by atoms with E-state index in [1.165, 1.54) is 18.1 Å². The Labute approximate surface area is 186 Å². The van der Waals surface area contributed by atoms with Crippen molar-refractivity contribution in [3.05, 3.63) is 59.0 Å². The molecule has 0 radical (unpaired) electrons. The number of aromatic nitrogens is 1. The van der Waals surface area contributed by atoms with Crippen LogP contribution in [0.4, 0.5) is 0 Å². The van der Waals surface area contributed by atoms with Crippen LogP contribution in [0.2, 0.25) is 0 Å². The number of hydrogen-bond acceptors (Lipinski definition) is 8. The van der Waals surface area contributed by atoms with E-state index in [1.807, 2.05) is 0 Å². The molecule has 5 rings (SSSR count). The van der Waals surface area contributed by atoms with E-state index in [0.717, 1.165) is 5.56 Å². The lowest BCUT2D eigenvalue weighted by atomic mass is 9.82. The average Bonchev–Trinajstić information content (AvgIpc) is 3.46. The lowest BCUT2D eigenvalue weighted by Crippen LogP contribution is -2.46. The molecule has 11 nitrogen and oxygen atoms in total. The summed E-state index contributed by atoms with van der Waals surface area (Å²) in [6, 6.07) is 9.84. The van der Waals surface area contributed by atoms with Crippen molar-refractivity contribution in [2.75, 3.05) is 13.7 Å². The van der Waals surface area contributed by atoms with E-state index in [2.05, 4.69) is 15.5 Å². The first-order valence-corrected chi connectivity index (χ1v) is 10.0. The van der Waals surface area contributed by atoms with Crippen LogP contribution in [0.15, 0.2) is 46.0 Å². The molecule has 3 aromatic rings. The Balaban J connectivity index is 1.54. The van der Waals surface area contributed by atoms with Gasteiger partial charge in [-0.3, -0.25) is 19.7 Å². The number of benzene rings is 1. The van der Waals surface area contributed by atoms with Gasteiger partial charge in [-0.2, -0.15) is 0 Å². The van der Waals surface area contributed by atoms with Crippen LogP contribution >= 0.6 is 0 Å². The second kappa shape index (κ2) is 7.33. The lowest BCUT2D eigenvalue weighted by Gasteiger charge is -2.28. The Morgan fingerprint density at radius 2 is 2.12 bits per heavy atom. The number of amidine groups is 1. The van der Waals surface area contributed by atoms with Gasteiger partial charge in [-0.05, 0) is 29.8 Å². The van der Waals surface area contributed by atoms with E-state index in [4.69, 9.17) is 20.1 Å². The second-order valence-corrected chi connectivity index (χ2v) is 8.00. The molecular weight excluding hydrogens is 430 g/mol. The minimum Gasteiger partial charge on any atom is -0.497 e. The molecular formula is C22H19N5O6. The molecule has 1 aromatic carbocycles. The number of oxime groups is 1. The van der Waals surface area contributed by atoms with Gasteiger partial charge in [0.1, 0.15) is 28.1 Å². The van der Waals surface area contributed by atoms with E-state index in [-0.39, 0.29) is 42.7 Å². The molecule has 0 bridgehead atoms. The van der Waals surface area contributed by atoms with Crippen LogP contribution in [0.5, 0.6) is 5.75 Å². The second-order valence-electron chi connectivity index (χ2n) is 8.00. The summed E-state index contributed by atoms with van der Waals surface area (Å²) in [5.74, 6) is -0.706. The molecule has 33 heavy (non-hydrogen) atoms. The first kappa shape index (κ1) is 20.5. The Morgan fingerprint density at radius 3 is 2.82 bits per heavy atom. The Morgan fingerprint density at radius 1 is 1.30 bits per heavy atom. The number of carbonyl (C=O) groups is 3. The van der Waals surface area contributed by atoms with Crippen LogP contribution in [0.25, 0.3) is 11.1 Å². The zero-order chi connectivity index (χ0) is 23.3. The smallest absolute Gasteiger partial charge is 0.254 e. The van der Waals surface area contributed by atoms with Crippen LogP contribution in [0.1, 0.15) is 33.8 Å². The van der Waals surface area contributed by atoms with Gasteiger partial charge in [-0.15, -0.1) is 0 Å². The van der Waals surface area contributed by atoms with Crippen molar-refractivity contribution in [3.63, 3.8) is 0 Å². The fourth-order valence-electron chi connectivity index (χ4n) is 4.32. The maximum absolute atomic E-state index is 13.1. The number of imide groups is 1. The van der Waals surface area contributed by atoms with Crippen molar-refractivity contribution in [1.29, 1.82) is 0 Å². The summed E-state index contributed by atoms with van der Waals surface area (Å²) in [7, 11) is 1.52. The van der Waals surface area contributed by atoms with E-state index in [1.54, 1.807) is 30.3 Å². The molecule has 0 aliphatic carbocycles. The van der Waals surface area contributed by atoms with Crippen molar-refractivity contribution in [2.45, 2.75) is 18.4 Å². The summed E-state index contributed by atoms with van der Waals surface area (Å²) in [4.78, 5) is 44.2. The van der Waals surface area contributed by atoms with Gasteiger partial charge < -0.3 is 25.0 Å². The highest BCUT2D eigenvalue weighted by Gasteiger charge is 2.53. The van der Waals surface area contributed by atoms with E-state index in [0.29, 0.717) is 22.4 Å². The first-order chi connectivity index (χ1) is 15.8. The molecule has 4 N–H and O–H groups in total. The van der Waals surface area contributed by atoms with Crippen LogP contribution in [-0.2, 0) is 21.5 Å². The van der Waals surface area contributed by atoms with Crippen LogP contribution in [-0.4, -0.2) is 52.3 Å². The van der Waals surface area contributed by atoms with E-state index >= 15 is 0 Å². The molecule has 1 atom stereocenters. The number of ether oxygens (including phenoxy) is 1. The number of nitrogens with two attached hydrogens (primary N) is 1. The maximum atomic E-state index is 13.1. The van der Waals surface area contributed by atoms with Gasteiger partial charge in [0, 0.05) is 24.7 Å². The third-order valence-corrected chi connectivity index (χ3v) is 6.02. The largest absolute Gasteiger partial charge is 0.497 e. The third kappa shape index (κ3) is 3.16. The van der Waals surface area contributed by atoms with Crippen LogP contribution in [0.3, 0.4) is 0 Å². The first-order valence-electron chi connectivity index (χ1n) is 10.0. The maximum Gasteiger partial charge on any atom is 0.254 e. The fraction of sp³-hybridized carbons (Fsp3) is 0.227. The summed E-state index contributed by atoms with van der Waals surface area (Å²) in [5.41, 5.74) is 6.42. The number of methoxy groups -OCH3 is 1. The molecule has 0 saturated carbocycles. The zero-order valence-electron chi connectivity index (χ0n) is 17.5. The third-order valence-electron chi connectivity index (χ3n) is 6.02. The molecule has 1 fully saturated rings. The highest BCUT2D eigenvalue weighted by molar-refractivity contribution is 6.10. The minimum absolute atomic E-state index is 0.0622. The van der Waals surface area contributed by atoms with Gasteiger partial charge >= 0.3 is 0 Å². The molecule has 3 amide bonds. The Bertz CT molecular complexity index is 1360. The molecule has 168 valence electrons. The minimum atomic E-state index is -1.42. The topological polar surface area (TPSA) is 160 Å². The fourth-order valence-corrected chi connectivity index (χ4v) is 4.32. The van der Waals surface area contributed by atoms with Gasteiger partial charge in [0.05, 0.1) is 13.5 Å². The normalized spacial score (nSPS) is 20.5. The van der Waals surface area contributed by atoms with Crippen molar-refractivity contribution >= 4 is 34.7 Å². The Kier molecular flexibility index (Phi) is 4.55. The lowest BCUT2D eigenvalue weighted by molar-refractivity contribution is -0.127. The number of hydrogen-bond donors (Lipinski definition) is 3. The van der Waals surface area contributed by atoms with Crippen molar-refractivity contribution in [1.82, 2.24) is 15.2 Å². The molecule has 1 saturated heterocycles. The summed E-state index contributed by atoms with van der Waals surface area (Å²) < 4.78 is 11.1. The zero-order valence-corrected chi connectivity index (χ0v) is 17.5. The predicted molar refractivity (Wildman–Crippen MR) is 114 cm³/mol. The summed E-state index contributed by atoms with van der Waals surface area (Å²) >= 11 is 0. The highest BCUT2D eigenvalue weighted by atomic mass is 16.5. The van der Waals surface area contributed by atoms with Gasteiger partial charge in [0.15, 0.2) is 11.4 Å². The van der Waals surface area contributed by atoms with Gasteiger partial charge in [0.25, 0.3) is 5.91 Å². The number of furan rings is 1. The predicted octanol–water partition coefficient (Wildman–Crippen LogP) is 0.871. The van der Waals surface area contributed by atoms with Crippen LogP contribution in [0, 0.1) is 0 Å². The molecule has 4 heterocycles. The van der Waals surface area contributed by atoms with E-state index < -0.39 is 17.2 Å². The van der Waals surface area contributed by atoms with E-state index in [9.17, 15) is 14.4 Å². The molecule has 2 aliphatic heterocycles. The van der Waals surface area contributed by atoms with Crippen molar-refractivity contribution < 1.29 is 28.7 Å². The standard InChI is InChI=1S/C22H19N5O6/c1-32-12-3-2-11-9-27(20(29)13(11)6-12)10-22(8-18(28)25-21(22)30)17-7-15-16(33-17)5-4-14(24-15)19(23)26-31/h2-7,31H,8-10H2,1H3,(H2,23,26)(H,25,28,30)/t22-/m1/s1. The number of rotatable bonds is 5. The van der Waals surface area contributed by atoms with Crippen molar-refractivity contribution in [2.24, 2.45) is 10.9 Å². The Hall–Kier alpha value is -4.41. The molecule has 11 heteroatoms. The van der Waals surface area contributed by atoms with Gasteiger partial charge in [-0.1, -0.05) is 11.2 Å². The molecule has 2 aliphatic rings. The summed E-state index contributed by atoms with van der Waals surface area (Å²) in [6.45, 7) is 0.223. The number of pyridine rings is 1. The monoisotopic (exact) mass is 449 g/mol. The number of carbonyl (C=O) groups excluding carboxylic acids is 3. The summed E-state index contributed by atoms with van der Waals surface area (Å²) in [5, 5.41) is 14.2. The SMILES string of the molecule is COc1ccc2c(c1)C(=O)N(C[C@@]1(c3cc4nc(C(N)=NO)ccc4o3)CC(=O)NC1=O)C2. The van der Waals surface area contributed by atoms with Crippen LogP contribution < -0.4 is 15.8 Å². The summed E-state index contributed by atoms with van der Waals surface area (Å²) in [6.07, 6.45) is -0.178. The molecule has 0 unspecified atom stereocenters.